The number of halogens is 2. The van der Waals surface area contributed by atoms with E-state index in [2.05, 4.69) is 21.2 Å². The van der Waals surface area contributed by atoms with E-state index in [1.54, 1.807) is 12.1 Å². The van der Waals surface area contributed by atoms with E-state index < -0.39 is 17.8 Å². The van der Waals surface area contributed by atoms with E-state index in [0.29, 0.717) is 17.1 Å². The van der Waals surface area contributed by atoms with E-state index in [1.165, 1.54) is 0 Å². The van der Waals surface area contributed by atoms with E-state index in [4.69, 9.17) is 11.6 Å². The molecule has 2 rings (SSSR count). The minimum absolute atomic E-state index is 0. The third kappa shape index (κ3) is 3.95. The van der Waals surface area contributed by atoms with Gasteiger partial charge in [-0.3, -0.25) is 4.79 Å². The molecule has 0 unspecified atom stereocenters. The van der Waals surface area contributed by atoms with Crippen LogP contribution in [0, 0.1) is 18.8 Å². The van der Waals surface area contributed by atoms with Crippen LogP contribution in [0.4, 0.5) is 5.69 Å². The SMILES string of the molecule is Cc1cc(Cl)cc(NC(=O)[C@@H]2C[C@@H]2C(=O)[O-])c1Br.[Na+]. The van der Waals surface area contributed by atoms with Gasteiger partial charge in [0.1, 0.15) is 0 Å². The van der Waals surface area contributed by atoms with Gasteiger partial charge < -0.3 is 15.2 Å². The predicted octanol–water partition coefficient (Wildman–Crippen LogP) is -1.26. The van der Waals surface area contributed by atoms with Gasteiger partial charge in [-0.1, -0.05) is 11.6 Å². The first kappa shape index (κ1) is 17.0. The molecule has 1 amide bonds. The van der Waals surface area contributed by atoms with Crippen molar-refractivity contribution in [2.45, 2.75) is 13.3 Å². The average Bonchev–Trinajstić information content (AvgIpc) is 3.04. The molecule has 0 aromatic heterocycles. The second-order valence-corrected chi connectivity index (χ2v) is 5.57. The summed E-state index contributed by atoms with van der Waals surface area (Å²) in [7, 11) is 0. The number of amides is 1. The van der Waals surface area contributed by atoms with Crippen molar-refractivity contribution < 1.29 is 44.3 Å². The third-order valence-corrected chi connectivity index (χ3v) is 4.18. The van der Waals surface area contributed by atoms with Crippen molar-refractivity contribution in [3.63, 3.8) is 0 Å². The molecular formula is C12H10BrClNNaO3. The molecular weight excluding hydrogens is 344 g/mol. The molecule has 7 heteroatoms. The Hall–Kier alpha value is -0.0700. The van der Waals surface area contributed by atoms with Crippen LogP contribution in [0.1, 0.15) is 12.0 Å². The molecule has 4 nitrogen and oxygen atoms in total. The Morgan fingerprint density at radius 1 is 1.42 bits per heavy atom. The van der Waals surface area contributed by atoms with Crippen molar-refractivity contribution in [2.24, 2.45) is 11.8 Å². The van der Waals surface area contributed by atoms with E-state index in [9.17, 15) is 14.7 Å². The largest absolute Gasteiger partial charge is 1.00 e. The molecule has 1 N–H and O–H groups in total. The Balaban J connectivity index is 0.00000180. The van der Waals surface area contributed by atoms with Crippen molar-refractivity contribution in [3.05, 3.63) is 27.2 Å². The second-order valence-electron chi connectivity index (χ2n) is 4.34. The standard InChI is InChI=1S/C12H11BrClNO3.Na/c1-5-2-6(14)3-9(10(5)13)15-11(16)7-4-8(7)12(17)18;/h2-3,7-8H,4H2,1H3,(H,15,16)(H,17,18);/q;+1/p-1/t7-,8+;/m1./s1. The number of benzene rings is 1. The number of carboxylic acids is 1. The molecule has 0 radical (unpaired) electrons. The van der Waals surface area contributed by atoms with Gasteiger partial charge in [0.25, 0.3) is 0 Å². The zero-order chi connectivity index (χ0) is 13.4. The molecule has 0 bridgehead atoms. The number of carbonyl (C=O) groups is 2. The summed E-state index contributed by atoms with van der Waals surface area (Å²) >= 11 is 9.26. The van der Waals surface area contributed by atoms with E-state index >= 15 is 0 Å². The minimum atomic E-state index is -1.17. The Labute approximate surface area is 146 Å². The Morgan fingerprint density at radius 2 is 2.05 bits per heavy atom. The first-order valence-electron chi connectivity index (χ1n) is 5.37. The van der Waals surface area contributed by atoms with Gasteiger partial charge in [0.2, 0.25) is 5.91 Å². The van der Waals surface area contributed by atoms with Gasteiger partial charge in [0, 0.05) is 27.3 Å². The summed E-state index contributed by atoms with van der Waals surface area (Å²) in [6, 6.07) is 3.38. The van der Waals surface area contributed by atoms with Gasteiger partial charge >= 0.3 is 29.6 Å². The van der Waals surface area contributed by atoms with E-state index in [1.807, 2.05) is 6.92 Å². The maximum absolute atomic E-state index is 11.8. The number of anilines is 1. The molecule has 1 aliphatic rings. The molecule has 0 spiro atoms. The molecule has 1 saturated carbocycles. The van der Waals surface area contributed by atoms with E-state index in [0.717, 1.165) is 10.0 Å². The van der Waals surface area contributed by atoms with Crippen LogP contribution in [-0.2, 0) is 9.59 Å². The van der Waals surface area contributed by atoms with E-state index in [-0.39, 0.29) is 35.5 Å². The first-order valence-corrected chi connectivity index (χ1v) is 6.54. The van der Waals surface area contributed by atoms with Crippen LogP contribution < -0.4 is 40.0 Å². The van der Waals surface area contributed by atoms with Gasteiger partial charge in [-0.05, 0) is 47.0 Å². The summed E-state index contributed by atoms with van der Waals surface area (Å²) in [5.74, 6) is -2.65. The van der Waals surface area contributed by atoms with Crippen molar-refractivity contribution in [2.75, 3.05) is 5.32 Å². The zero-order valence-corrected chi connectivity index (χ0v) is 14.8. The van der Waals surface area contributed by atoms with Crippen molar-refractivity contribution in [1.29, 1.82) is 0 Å². The van der Waals surface area contributed by atoms with Gasteiger partial charge in [-0.25, -0.2) is 0 Å². The summed E-state index contributed by atoms with van der Waals surface area (Å²) in [6.07, 6.45) is 0.339. The molecule has 1 aromatic rings. The fourth-order valence-electron chi connectivity index (χ4n) is 1.79. The first-order chi connectivity index (χ1) is 8.40. The number of aliphatic carboxylic acids is 1. The number of rotatable bonds is 3. The average molecular weight is 355 g/mol. The molecule has 0 saturated heterocycles. The maximum atomic E-state index is 11.8. The Morgan fingerprint density at radius 3 is 2.58 bits per heavy atom. The topological polar surface area (TPSA) is 69.2 Å². The van der Waals surface area contributed by atoms with Crippen LogP contribution in [0.5, 0.6) is 0 Å². The summed E-state index contributed by atoms with van der Waals surface area (Å²) < 4.78 is 0.742. The Kier molecular flexibility index (Phi) is 5.89. The van der Waals surface area contributed by atoms with Crippen LogP contribution >= 0.6 is 27.5 Å². The predicted molar refractivity (Wildman–Crippen MR) is 69.1 cm³/mol. The summed E-state index contributed by atoms with van der Waals surface area (Å²) in [5, 5.41) is 13.8. The van der Waals surface area contributed by atoms with Crippen molar-refractivity contribution >= 4 is 45.1 Å². The van der Waals surface area contributed by atoms with Gasteiger partial charge in [0.15, 0.2) is 0 Å². The summed E-state index contributed by atoms with van der Waals surface area (Å²) in [6.45, 7) is 1.85. The molecule has 0 aliphatic heterocycles. The molecule has 0 heterocycles. The van der Waals surface area contributed by atoms with Gasteiger partial charge in [-0.2, -0.15) is 0 Å². The number of carboxylic acid groups (broad SMARTS) is 1. The number of hydrogen-bond donors (Lipinski definition) is 1. The van der Waals surface area contributed by atoms with Gasteiger partial charge in [0.05, 0.1) is 5.69 Å². The third-order valence-electron chi connectivity index (χ3n) is 2.91. The van der Waals surface area contributed by atoms with Crippen LogP contribution in [0.2, 0.25) is 5.02 Å². The zero-order valence-electron chi connectivity index (χ0n) is 10.5. The van der Waals surface area contributed by atoms with Crippen molar-refractivity contribution in [1.82, 2.24) is 0 Å². The maximum Gasteiger partial charge on any atom is 1.00 e. The van der Waals surface area contributed by atoms with Crippen LogP contribution in [-0.4, -0.2) is 11.9 Å². The Bertz CT molecular complexity index is 538. The molecule has 1 aliphatic carbocycles. The normalized spacial score (nSPS) is 20.4. The quantitative estimate of drug-likeness (QED) is 0.689. The van der Waals surface area contributed by atoms with Crippen LogP contribution in [0.25, 0.3) is 0 Å². The monoisotopic (exact) mass is 353 g/mol. The molecule has 1 fully saturated rings. The molecule has 19 heavy (non-hydrogen) atoms. The summed E-state index contributed by atoms with van der Waals surface area (Å²) in [4.78, 5) is 22.4. The minimum Gasteiger partial charge on any atom is -0.550 e. The number of aryl methyl sites for hydroxylation is 1. The number of hydrogen-bond acceptors (Lipinski definition) is 3. The molecule has 1 aromatic carbocycles. The molecule has 96 valence electrons. The van der Waals surface area contributed by atoms with Crippen LogP contribution in [0.15, 0.2) is 16.6 Å². The number of carbonyl (C=O) groups excluding carboxylic acids is 2. The van der Waals surface area contributed by atoms with Crippen LogP contribution in [0.3, 0.4) is 0 Å². The second kappa shape index (κ2) is 6.59. The number of nitrogens with one attached hydrogen (secondary N) is 1. The van der Waals surface area contributed by atoms with Crippen molar-refractivity contribution in [3.8, 4) is 0 Å². The van der Waals surface area contributed by atoms with Gasteiger partial charge in [-0.15, -0.1) is 0 Å². The smallest absolute Gasteiger partial charge is 0.550 e. The fourth-order valence-corrected chi connectivity index (χ4v) is 2.39. The summed E-state index contributed by atoms with van der Waals surface area (Å²) in [5.41, 5.74) is 1.44. The fraction of sp³-hybridized carbons (Fsp3) is 0.333. The molecule has 2 atom stereocenters.